The summed E-state index contributed by atoms with van der Waals surface area (Å²) in [7, 11) is -3.47. The molecule has 0 atom stereocenters. The van der Waals surface area contributed by atoms with Crippen molar-refractivity contribution in [2.24, 2.45) is 0 Å². The molecule has 2 rings (SSSR count). The van der Waals surface area contributed by atoms with Crippen molar-refractivity contribution < 1.29 is 12.6 Å². The molecule has 108 valence electrons. The number of aromatic nitrogens is 1. The highest BCUT2D eigenvalue weighted by molar-refractivity contribution is 7.85. The molecule has 0 unspecified atom stereocenters. The van der Waals surface area contributed by atoms with E-state index in [0.29, 0.717) is 17.7 Å². The molecule has 5 nitrogen and oxygen atoms in total. The number of nitriles is 1. The van der Waals surface area contributed by atoms with Gasteiger partial charge in [0.2, 0.25) is 0 Å². The zero-order valence-electron chi connectivity index (χ0n) is 11.5. The number of pyridine rings is 1. The van der Waals surface area contributed by atoms with E-state index in [1.165, 1.54) is 0 Å². The zero-order valence-corrected chi connectivity index (χ0v) is 12.3. The fraction of sp³-hybridized carbons (Fsp3) is 0.200. The van der Waals surface area contributed by atoms with Crippen LogP contribution < -0.4 is 0 Å². The van der Waals surface area contributed by atoms with Gasteiger partial charge in [0.15, 0.2) is 0 Å². The summed E-state index contributed by atoms with van der Waals surface area (Å²) in [6.45, 7) is 0.0353. The lowest BCUT2D eigenvalue weighted by Crippen LogP contribution is -2.07. The molecule has 0 aliphatic rings. The van der Waals surface area contributed by atoms with Crippen molar-refractivity contribution in [1.82, 2.24) is 4.98 Å². The molecule has 1 aromatic heterocycles. The summed E-state index contributed by atoms with van der Waals surface area (Å²) in [5.74, 6) is 0. The van der Waals surface area contributed by atoms with Crippen LogP contribution in [0.15, 0.2) is 42.6 Å². The fourth-order valence-electron chi connectivity index (χ4n) is 2.02. The van der Waals surface area contributed by atoms with Crippen LogP contribution in [0.25, 0.3) is 11.3 Å². The first-order valence-corrected chi connectivity index (χ1v) is 8.11. The van der Waals surface area contributed by atoms with Crippen molar-refractivity contribution in [2.75, 3.05) is 12.9 Å². The third-order valence-corrected chi connectivity index (χ3v) is 3.46. The Morgan fingerprint density at radius 2 is 2.05 bits per heavy atom. The Bertz CT molecular complexity index is 765. The third-order valence-electron chi connectivity index (χ3n) is 2.86. The average molecular weight is 302 g/mol. The van der Waals surface area contributed by atoms with Crippen molar-refractivity contribution in [3.63, 3.8) is 0 Å². The van der Waals surface area contributed by atoms with Gasteiger partial charge in [-0.2, -0.15) is 13.7 Å². The van der Waals surface area contributed by atoms with Gasteiger partial charge in [-0.25, -0.2) is 0 Å². The summed E-state index contributed by atoms with van der Waals surface area (Å²) >= 11 is 0. The molecule has 0 saturated carbocycles. The van der Waals surface area contributed by atoms with E-state index >= 15 is 0 Å². The molecule has 1 heterocycles. The second kappa shape index (κ2) is 6.48. The van der Waals surface area contributed by atoms with E-state index < -0.39 is 10.1 Å². The Labute approximate surface area is 124 Å². The van der Waals surface area contributed by atoms with Crippen LogP contribution in [0.1, 0.15) is 11.1 Å². The summed E-state index contributed by atoms with van der Waals surface area (Å²) in [4.78, 5) is 4.26. The number of rotatable bonds is 5. The molecule has 0 aliphatic heterocycles. The highest BCUT2D eigenvalue weighted by Gasteiger charge is 2.12. The Kier molecular flexibility index (Phi) is 4.68. The highest BCUT2D eigenvalue weighted by atomic mass is 32.2. The largest absolute Gasteiger partial charge is 0.270 e. The highest BCUT2D eigenvalue weighted by Crippen LogP contribution is 2.26. The monoisotopic (exact) mass is 302 g/mol. The lowest BCUT2D eigenvalue weighted by Gasteiger charge is -2.10. The van der Waals surface area contributed by atoms with Gasteiger partial charge in [0.1, 0.15) is 0 Å². The van der Waals surface area contributed by atoms with Crippen LogP contribution in [0.5, 0.6) is 0 Å². The molecule has 2 aromatic rings. The predicted octanol–water partition coefficient (Wildman–Crippen LogP) is 2.14. The minimum atomic E-state index is -3.47. The first-order valence-electron chi connectivity index (χ1n) is 6.29. The molecule has 0 aliphatic carbocycles. The van der Waals surface area contributed by atoms with Crippen molar-refractivity contribution in [2.45, 2.75) is 6.42 Å². The normalized spacial score (nSPS) is 11.0. The predicted molar refractivity (Wildman–Crippen MR) is 78.9 cm³/mol. The maximum absolute atomic E-state index is 11.0. The van der Waals surface area contributed by atoms with Crippen molar-refractivity contribution >= 4 is 10.1 Å². The van der Waals surface area contributed by atoms with Gasteiger partial charge in [0.25, 0.3) is 10.1 Å². The van der Waals surface area contributed by atoms with Crippen LogP contribution in [0.4, 0.5) is 0 Å². The first kappa shape index (κ1) is 15.2. The fourth-order valence-corrected chi connectivity index (χ4v) is 2.40. The van der Waals surface area contributed by atoms with E-state index in [2.05, 4.69) is 11.1 Å². The van der Waals surface area contributed by atoms with Crippen molar-refractivity contribution in [3.8, 4) is 17.3 Å². The lowest BCUT2D eigenvalue weighted by atomic mass is 9.96. The topological polar surface area (TPSA) is 80.0 Å². The minimum Gasteiger partial charge on any atom is -0.270 e. The van der Waals surface area contributed by atoms with Gasteiger partial charge >= 0.3 is 0 Å². The van der Waals surface area contributed by atoms with E-state index in [-0.39, 0.29) is 6.61 Å². The Morgan fingerprint density at radius 1 is 1.24 bits per heavy atom. The molecule has 0 saturated heterocycles. The average Bonchev–Trinajstić information content (AvgIpc) is 2.46. The molecule has 0 bridgehead atoms. The van der Waals surface area contributed by atoms with E-state index in [0.717, 1.165) is 17.4 Å². The van der Waals surface area contributed by atoms with Gasteiger partial charge < -0.3 is 0 Å². The Balaban J connectivity index is 2.36. The standard InChI is InChI=1S/C15H14N2O3S/c1-21(18,19)20-10-8-12-5-4-6-13(11-16)15(12)14-7-2-3-9-17-14/h2-7,9H,8,10H2,1H3. The first-order chi connectivity index (χ1) is 10.0. The number of nitrogens with zero attached hydrogens (tertiary/aromatic N) is 2. The maximum Gasteiger partial charge on any atom is 0.264 e. The SMILES string of the molecule is CS(=O)(=O)OCCc1cccc(C#N)c1-c1ccccn1. The quantitative estimate of drug-likeness (QED) is 0.790. The van der Waals surface area contributed by atoms with E-state index in [1.54, 1.807) is 24.4 Å². The van der Waals surface area contributed by atoms with Crippen LogP contribution in [-0.4, -0.2) is 26.3 Å². The zero-order chi connectivity index (χ0) is 15.3. The molecule has 1 aromatic carbocycles. The summed E-state index contributed by atoms with van der Waals surface area (Å²) in [5.41, 5.74) is 2.74. The van der Waals surface area contributed by atoms with Crippen LogP contribution in [0, 0.1) is 11.3 Å². The lowest BCUT2D eigenvalue weighted by molar-refractivity contribution is 0.326. The van der Waals surface area contributed by atoms with E-state index in [1.807, 2.05) is 18.2 Å². The van der Waals surface area contributed by atoms with Crippen LogP contribution in [0.2, 0.25) is 0 Å². The van der Waals surface area contributed by atoms with E-state index in [9.17, 15) is 13.7 Å². The molecule has 0 amide bonds. The number of hydrogen-bond donors (Lipinski definition) is 0. The second-order valence-corrected chi connectivity index (χ2v) is 6.09. The van der Waals surface area contributed by atoms with Crippen LogP contribution >= 0.6 is 0 Å². The summed E-state index contributed by atoms with van der Waals surface area (Å²) in [6.07, 6.45) is 3.05. The third kappa shape index (κ3) is 4.12. The molecular weight excluding hydrogens is 288 g/mol. The summed E-state index contributed by atoms with van der Waals surface area (Å²) < 4.78 is 26.8. The summed E-state index contributed by atoms with van der Waals surface area (Å²) in [5, 5.41) is 9.25. The van der Waals surface area contributed by atoms with Gasteiger partial charge in [0, 0.05) is 11.8 Å². The van der Waals surface area contributed by atoms with Gasteiger partial charge in [-0.05, 0) is 30.2 Å². The molecule has 21 heavy (non-hydrogen) atoms. The molecule has 0 spiro atoms. The van der Waals surface area contributed by atoms with Gasteiger partial charge in [-0.1, -0.05) is 18.2 Å². The van der Waals surface area contributed by atoms with Gasteiger partial charge in [0.05, 0.1) is 30.2 Å². The second-order valence-electron chi connectivity index (χ2n) is 4.44. The van der Waals surface area contributed by atoms with Crippen LogP contribution in [-0.2, 0) is 20.7 Å². The number of hydrogen-bond acceptors (Lipinski definition) is 5. The molecule has 0 fully saturated rings. The maximum atomic E-state index is 11.0. The Morgan fingerprint density at radius 3 is 2.67 bits per heavy atom. The van der Waals surface area contributed by atoms with Gasteiger partial charge in [-0.3, -0.25) is 9.17 Å². The van der Waals surface area contributed by atoms with Crippen molar-refractivity contribution in [3.05, 3.63) is 53.7 Å². The molecular formula is C15H14N2O3S. The number of benzene rings is 1. The molecule has 6 heteroatoms. The summed E-state index contributed by atoms with van der Waals surface area (Å²) in [6, 6.07) is 12.9. The van der Waals surface area contributed by atoms with Gasteiger partial charge in [-0.15, -0.1) is 0 Å². The molecule has 0 N–H and O–H groups in total. The minimum absolute atomic E-state index is 0.0353. The van der Waals surface area contributed by atoms with Crippen LogP contribution in [0.3, 0.4) is 0 Å². The van der Waals surface area contributed by atoms with Crippen molar-refractivity contribution in [1.29, 1.82) is 5.26 Å². The van der Waals surface area contributed by atoms with E-state index in [4.69, 9.17) is 4.18 Å². The molecule has 0 radical (unpaired) electrons. The Hall–Kier alpha value is -2.23. The smallest absolute Gasteiger partial charge is 0.264 e.